The highest BCUT2D eigenvalue weighted by atomic mass is 35.5. The number of sulfonamides is 1. The molecular weight excluding hydrogens is 486 g/mol. The van der Waals surface area contributed by atoms with Crippen molar-refractivity contribution in [2.45, 2.75) is 64.6 Å². The number of rotatable bonds is 10. The highest BCUT2D eigenvalue weighted by Crippen LogP contribution is 2.23. The Balaban J connectivity index is 1.90. The minimum atomic E-state index is -3.77. The molecule has 2 amide bonds. The Kier molecular flexibility index (Phi) is 9.19. The van der Waals surface area contributed by atoms with Crippen molar-refractivity contribution in [3.63, 3.8) is 0 Å². The van der Waals surface area contributed by atoms with Gasteiger partial charge in [-0.3, -0.25) is 13.9 Å². The molecule has 190 valence electrons. The lowest BCUT2D eigenvalue weighted by atomic mass is 10.1. The van der Waals surface area contributed by atoms with Gasteiger partial charge in [0.25, 0.3) is 0 Å². The molecule has 0 aliphatic heterocycles. The molecule has 0 heterocycles. The highest BCUT2D eigenvalue weighted by molar-refractivity contribution is 7.92. The second kappa shape index (κ2) is 11.9. The molecule has 1 aliphatic carbocycles. The molecule has 1 atom stereocenters. The zero-order valence-corrected chi connectivity index (χ0v) is 22.1. The van der Waals surface area contributed by atoms with Gasteiger partial charge in [-0.2, -0.15) is 0 Å². The number of carbonyl (C=O) groups excluding carboxylic acids is 2. The minimum Gasteiger partial charge on any atom is -0.352 e. The summed E-state index contributed by atoms with van der Waals surface area (Å²) in [4.78, 5) is 28.4. The van der Waals surface area contributed by atoms with Crippen LogP contribution in [0.5, 0.6) is 0 Å². The normalized spacial score (nSPS) is 15.0. The molecule has 7 nitrogen and oxygen atoms in total. The molecule has 1 N–H and O–H groups in total. The summed E-state index contributed by atoms with van der Waals surface area (Å²) in [7, 11) is -3.77. The number of nitrogens with zero attached hydrogens (tertiary/aromatic N) is 2. The van der Waals surface area contributed by atoms with E-state index in [4.69, 9.17) is 11.6 Å². The Bertz CT molecular complexity index is 1110. The fourth-order valence-electron chi connectivity index (χ4n) is 4.40. The van der Waals surface area contributed by atoms with Gasteiger partial charge in [-0.15, -0.1) is 0 Å². The lowest BCUT2D eigenvalue weighted by Gasteiger charge is -2.33. The van der Waals surface area contributed by atoms with Gasteiger partial charge in [0.2, 0.25) is 21.8 Å². The summed E-state index contributed by atoms with van der Waals surface area (Å²) in [6, 6.07) is 13.4. The van der Waals surface area contributed by atoms with E-state index < -0.39 is 28.5 Å². The zero-order valence-electron chi connectivity index (χ0n) is 20.5. The minimum absolute atomic E-state index is 0.120. The van der Waals surface area contributed by atoms with Crippen molar-refractivity contribution in [1.82, 2.24) is 10.2 Å². The third kappa shape index (κ3) is 7.45. The molecular formula is C26H34ClN3O4S. The molecule has 2 aromatic rings. The van der Waals surface area contributed by atoms with Crippen LogP contribution in [0.15, 0.2) is 48.5 Å². The summed E-state index contributed by atoms with van der Waals surface area (Å²) < 4.78 is 26.3. The number of nitrogens with one attached hydrogen (secondary N) is 1. The molecule has 0 radical (unpaired) electrons. The van der Waals surface area contributed by atoms with Crippen LogP contribution in [0.4, 0.5) is 5.69 Å². The fraction of sp³-hybridized carbons (Fsp3) is 0.462. The second-order valence-corrected chi connectivity index (χ2v) is 11.5. The smallest absolute Gasteiger partial charge is 0.244 e. The molecule has 0 saturated heterocycles. The number of hydrogen-bond acceptors (Lipinski definition) is 4. The SMILES string of the molecule is CC[C@@H](C(=O)NC1CCCC1)N(Cc1ccc(C)cc1)C(=O)CN(c1ccc(Cl)cc1)S(C)(=O)=O. The maximum atomic E-state index is 13.7. The molecule has 35 heavy (non-hydrogen) atoms. The molecule has 0 spiro atoms. The predicted octanol–water partition coefficient (Wildman–Crippen LogP) is 4.28. The first-order valence-electron chi connectivity index (χ1n) is 12.0. The first-order valence-corrected chi connectivity index (χ1v) is 14.2. The number of anilines is 1. The molecule has 1 saturated carbocycles. The van der Waals surface area contributed by atoms with E-state index in [-0.39, 0.29) is 18.5 Å². The van der Waals surface area contributed by atoms with Crippen molar-refractivity contribution in [3.8, 4) is 0 Å². The number of carbonyl (C=O) groups is 2. The van der Waals surface area contributed by atoms with Gasteiger partial charge in [-0.05, 0) is 56.0 Å². The van der Waals surface area contributed by atoms with Crippen LogP contribution in [0.1, 0.15) is 50.2 Å². The molecule has 0 unspecified atom stereocenters. The van der Waals surface area contributed by atoms with Crippen molar-refractivity contribution in [1.29, 1.82) is 0 Å². The van der Waals surface area contributed by atoms with Crippen molar-refractivity contribution in [2.75, 3.05) is 17.1 Å². The number of hydrogen-bond donors (Lipinski definition) is 1. The molecule has 0 aromatic heterocycles. The van der Waals surface area contributed by atoms with Gasteiger partial charge in [-0.1, -0.05) is 61.2 Å². The van der Waals surface area contributed by atoms with E-state index in [1.807, 2.05) is 38.1 Å². The Labute approximate surface area is 213 Å². The lowest BCUT2D eigenvalue weighted by molar-refractivity contribution is -0.140. The molecule has 0 bridgehead atoms. The van der Waals surface area contributed by atoms with Crippen LogP contribution >= 0.6 is 11.6 Å². The van der Waals surface area contributed by atoms with Crippen molar-refractivity contribution in [3.05, 3.63) is 64.7 Å². The van der Waals surface area contributed by atoms with Gasteiger partial charge in [0, 0.05) is 17.6 Å². The van der Waals surface area contributed by atoms with Gasteiger partial charge in [0.1, 0.15) is 12.6 Å². The summed E-state index contributed by atoms with van der Waals surface area (Å²) in [6.45, 7) is 3.63. The van der Waals surface area contributed by atoms with E-state index in [0.29, 0.717) is 17.1 Å². The summed E-state index contributed by atoms with van der Waals surface area (Å²) in [5.41, 5.74) is 2.29. The van der Waals surface area contributed by atoms with Crippen LogP contribution in [0, 0.1) is 6.92 Å². The Morgan fingerprint density at radius 1 is 1.06 bits per heavy atom. The topological polar surface area (TPSA) is 86.8 Å². The second-order valence-electron chi connectivity index (χ2n) is 9.17. The first-order chi connectivity index (χ1) is 16.6. The predicted molar refractivity (Wildman–Crippen MR) is 140 cm³/mol. The van der Waals surface area contributed by atoms with Crippen molar-refractivity contribution in [2.24, 2.45) is 0 Å². The number of amides is 2. The summed E-state index contributed by atoms with van der Waals surface area (Å²) in [5.74, 6) is -0.642. The van der Waals surface area contributed by atoms with Gasteiger partial charge < -0.3 is 10.2 Å². The van der Waals surface area contributed by atoms with Crippen LogP contribution in [0.25, 0.3) is 0 Å². The highest BCUT2D eigenvalue weighted by Gasteiger charge is 2.33. The standard InChI is InChI=1S/C26H34ClN3O4S/c1-4-24(26(32)28-22-7-5-6-8-22)29(17-20-11-9-19(2)10-12-20)25(31)18-30(35(3,33)34)23-15-13-21(27)14-16-23/h9-16,22,24H,4-8,17-18H2,1-3H3,(H,28,32)/t24-/m0/s1. The molecule has 1 fully saturated rings. The van der Waals surface area contributed by atoms with Crippen molar-refractivity contribution < 1.29 is 18.0 Å². The van der Waals surface area contributed by atoms with Gasteiger partial charge in [-0.25, -0.2) is 8.42 Å². The molecule has 9 heteroatoms. The van der Waals surface area contributed by atoms with Crippen LogP contribution in [0.2, 0.25) is 5.02 Å². The lowest BCUT2D eigenvalue weighted by Crippen LogP contribution is -2.53. The van der Waals surface area contributed by atoms with Crippen LogP contribution in [-0.2, 0) is 26.2 Å². The third-order valence-corrected chi connectivity index (χ3v) is 7.75. The van der Waals surface area contributed by atoms with Crippen LogP contribution in [-0.4, -0.2) is 50.0 Å². The van der Waals surface area contributed by atoms with E-state index in [9.17, 15) is 18.0 Å². The van der Waals surface area contributed by atoms with E-state index in [0.717, 1.165) is 47.4 Å². The summed E-state index contributed by atoms with van der Waals surface area (Å²) in [6.07, 6.45) is 5.51. The van der Waals surface area contributed by atoms with E-state index in [1.54, 1.807) is 24.3 Å². The number of aryl methyl sites for hydroxylation is 1. The van der Waals surface area contributed by atoms with Gasteiger partial charge >= 0.3 is 0 Å². The van der Waals surface area contributed by atoms with Crippen molar-refractivity contribution >= 4 is 39.1 Å². The average molecular weight is 520 g/mol. The number of halogens is 1. The summed E-state index contributed by atoms with van der Waals surface area (Å²) >= 11 is 5.97. The first kappa shape index (κ1) is 27.0. The molecule has 2 aromatic carbocycles. The zero-order chi connectivity index (χ0) is 25.6. The van der Waals surface area contributed by atoms with Gasteiger partial charge in [0.05, 0.1) is 11.9 Å². The monoisotopic (exact) mass is 519 g/mol. The Morgan fingerprint density at radius 2 is 1.66 bits per heavy atom. The van der Waals surface area contributed by atoms with E-state index in [1.165, 1.54) is 4.90 Å². The van der Waals surface area contributed by atoms with Crippen LogP contribution in [0.3, 0.4) is 0 Å². The van der Waals surface area contributed by atoms with Gasteiger partial charge in [0.15, 0.2) is 0 Å². The largest absolute Gasteiger partial charge is 0.352 e. The Morgan fingerprint density at radius 3 is 2.20 bits per heavy atom. The molecule has 1 aliphatic rings. The van der Waals surface area contributed by atoms with Crippen LogP contribution < -0.4 is 9.62 Å². The average Bonchev–Trinajstić information content (AvgIpc) is 3.31. The quantitative estimate of drug-likeness (QED) is 0.507. The maximum absolute atomic E-state index is 13.7. The van der Waals surface area contributed by atoms with E-state index in [2.05, 4.69) is 5.32 Å². The Hall–Kier alpha value is -2.58. The third-order valence-electron chi connectivity index (χ3n) is 6.35. The fourth-order valence-corrected chi connectivity index (χ4v) is 5.37. The number of benzene rings is 2. The molecule has 3 rings (SSSR count). The maximum Gasteiger partial charge on any atom is 0.244 e. The summed E-state index contributed by atoms with van der Waals surface area (Å²) in [5, 5.41) is 3.56. The van der Waals surface area contributed by atoms with E-state index >= 15 is 0 Å².